The summed E-state index contributed by atoms with van der Waals surface area (Å²) in [7, 11) is 0.523. The predicted octanol–water partition coefficient (Wildman–Crippen LogP) is 4.98. The van der Waals surface area contributed by atoms with E-state index in [9.17, 15) is 54.2 Å². The number of benzene rings is 2. The number of ether oxygens (including phenoxy) is 2. The molecule has 216 valence electrons. The molecule has 0 aliphatic heterocycles. The molecule has 3 N–H and O–H groups in total. The molecule has 2 rings (SSSR count). The summed E-state index contributed by atoms with van der Waals surface area (Å²) >= 11 is 0. The van der Waals surface area contributed by atoms with Crippen LogP contribution in [0.15, 0.2) is 42.5 Å². The first-order chi connectivity index (χ1) is 17.8. The number of amides is 1. The van der Waals surface area contributed by atoms with Crippen LogP contribution in [-0.4, -0.2) is 54.9 Å². The fourth-order valence-corrected chi connectivity index (χ4v) is 3.42. The fraction of sp³-hybridized carbons (Fsp3) is 0.391. The van der Waals surface area contributed by atoms with Crippen LogP contribution >= 0.6 is 0 Å². The summed E-state index contributed by atoms with van der Waals surface area (Å²) in [4.78, 5) is 24.4. The molecule has 16 heteroatoms. The molecule has 0 aromatic heterocycles. The van der Waals surface area contributed by atoms with Crippen molar-refractivity contribution in [3.63, 3.8) is 0 Å². The van der Waals surface area contributed by atoms with E-state index in [4.69, 9.17) is 4.74 Å². The molecule has 0 saturated heterocycles. The maximum atomic E-state index is 14.1. The van der Waals surface area contributed by atoms with Gasteiger partial charge in [-0.2, -0.15) is 39.5 Å². The summed E-state index contributed by atoms with van der Waals surface area (Å²) in [6, 6.07) is 5.52. The van der Waals surface area contributed by atoms with Crippen molar-refractivity contribution in [2.75, 3.05) is 19.0 Å². The Morgan fingerprint density at radius 2 is 1.46 bits per heavy atom. The van der Waals surface area contributed by atoms with Crippen molar-refractivity contribution in [2.24, 2.45) is 0 Å². The Hall–Kier alpha value is -3.69. The predicted molar refractivity (Wildman–Crippen MR) is 117 cm³/mol. The van der Waals surface area contributed by atoms with Gasteiger partial charge >= 0.3 is 30.2 Å². The van der Waals surface area contributed by atoms with Crippen LogP contribution in [0.4, 0.5) is 45.2 Å². The zero-order valence-electron chi connectivity index (χ0n) is 20.2. The third-order valence-corrected chi connectivity index (χ3v) is 5.44. The average molecular weight is 576 g/mol. The standard InChI is InChI=1S/C23H21F9N2O5/c1-4-39-16-8-6-5-7-14(16)17(35)34-20(22(27,28)29,23(30,31)32)33-15-10-9-13(11-12(15)2)19(37,18(36)38-3)21(24,25)26/h5-11,33,37H,4H2,1-3H3,(H,34,35). The van der Waals surface area contributed by atoms with Crippen molar-refractivity contribution < 1.29 is 63.7 Å². The summed E-state index contributed by atoms with van der Waals surface area (Å²) in [6.45, 7) is 2.19. The molecule has 0 spiro atoms. The van der Waals surface area contributed by atoms with Gasteiger partial charge in [0.2, 0.25) is 0 Å². The molecule has 0 saturated carbocycles. The van der Waals surface area contributed by atoms with Crippen molar-refractivity contribution in [1.82, 2.24) is 5.32 Å². The van der Waals surface area contributed by atoms with E-state index in [0.29, 0.717) is 19.2 Å². The van der Waals surface area contributed by atoms with Gasteiger partial charge in [0.1, 0.15) is 5.75 Å². The van der Waals surface area contributed by atoms with Crippen molar-refractivity contribution >= 4 is 17.6 Å². The van der Waals surface area contributed by atoms with E-state index in [1.807, 2.05) is 0 Å². The van der Waals surface area contributed by atoms with Crippen LogP contribution in [0, 0.1) is 6.92 Å². The van der Waals surface area contributed by atoms with Crippen LogP contribution in [0.1, 0.15) is 28.4 Å². The first kappa shape index (κ1) is 31.5. The van der Waals surface area contributed by atoms with Crippen LogP contribution in [0.5, 0.6) is 5.75 Å². The molecule has 1 unspecified atom stereocenters. The number of para-hydroxylation sites is 1. The van der Waals surface area contributed by atoms with Gasteiger partial charge in [0, 0.05) is 11.3 Å². The lowest BCUT2D eigenvalue weighted by atomic mass is 9.91. The van der Waals surface area contributed by atoms with E-state index < -0.39 is 64.0 Å². The van der Waals surface area contributed by atoms with Crippen LogP contribution in [-0.2, 0) is 15.1 Å². The number of hydrogen-bond acceptors (Lipinski definition) is 6. The number of hydrogen-bond donors (Lipinski definition) is 3. The maximum absolute atomic E-state index is 14.1. The SMILES string of the molecule is CCOc1ccccc1C(=O)NC(Nc1ccc(C(O)(C(=O)OC)C(F)(F)F)cc1C)(C(F)(F)F)C(F)(F)F. The van der Waals surface area contributed by atoms with E-state index in [0.717, 1.165) is 29.7 Å². The Balaban J connectivity index is 2.66. The minimum atomic E-state index is -6.26. The smallest absolute Gasteiger partial charge is 0.439 e. The van der Waals surface area contributed by atoms with Gasteiger partial charge in [-0.3, -0.25) is 4.79 Å². The number of rotatable bonds is 8. The molecule has 1 amide bonds. The largest absolute Gasteiger partial charge is 0.493 e. The Morgan fingerprint density at radius 3 is 1.92 bits per heavy atom. The van der Waals surface area contributed by atoms with Crippen LogP contribution < -0.4 is 15.4 Å². The lowest BCUT2D eigenvalue weighted by molar-refractivity contribution is -0.294. The minimum Gasteiger partial charge on any atom is -0.493 e. The van der Waals surface area contributed by atoms with E-state index in [-0.39, 0.29) is 18.4 Å². The second kappa shape index (κ2) is 10.8. The molecule has 7 nitrogen and oxygen atoms in total. The Bertz CT molecular complexity index is 1200. The number of methoxy groups -OCH3 is 1. The summed E-state index contributed by atoms with van der Waals surface area (Å²) in [5, 5.41) is 12.1. The van der Waals surface area contributed by atoms with Crippen molar-refractivity contribution in [3.05, 3.63) is 59.2 Å². The number of esters is 1. The number of aryl methyl sites for hydroxylation is 1. The molecule has 0 bridgehead atoms. The molecule has 1 atom stereocenters. The summed E-state index contributed by atoms with van der Waals surface area (Å²) in [5.41, 5.74) is -13.1. The maximum Gasteiger partial charge on any atom is 0.439 e. The molecule has 0 aliphatic rings. The molecule has 2 aromatic rings. The highest BCUT2D eigenvalue weighted by molar-refractivity contribution is 5.97. The zero-order valence-corrected chi connectivity index (χ0v) is 20.2. The molecule has 0 radical (unpaired) electrons. The third-order valence-electron chi connectivity index (χ3n) is 5.44. The highest BCUT2D eigenvalue weighted by Crippen LogP contribution is 2.45. The summed E-state index contributed by atoms with van der Waals surface area (Å²) in [5.74, 6) is -4.35. The van der Waals surface area contributed by atoms with Crippen molar-refractivity contribution in [1.29, 1.82) is 0 Å². The molecular formula is C23H21F9N2O5. The third kappa shape index (κ3) is 5.84. The summed E-state index contributed by atoms with van der Waals surface area (Å²) < 4.78 is 134. The monoisotopic (exact) mass is 576 g/mol. The Kier molecular flexibility index (Phi) is 8.75. The molecule has 0 fully saturated rings. The van der Waals surface area contributed by atoms with Crippen LogP contribution in [0.25, 0.3) is 0 Å². The van der Waals surface area contributed by atoms with Crippen LogP contribution in [0.2, 0.25) is 0 Å². The van der Waals surface area contributed by atoms with Gasteiger partial charge in [0.05, 0.1) is 19.3 Å². The number of carbonyl (C=O) groups is 2. The van der Waals surface area contributed by atoms with E-state index >= 15 is 0 Å². The van der Waals surface area contributed by atoms with Crippen molar-refractivity contribution in [2.45, 2.75) is 43.6 Å². The van der Waals surface area contributed by atoms with Crippen molar-refractivity contribution in [3.8, 4) is 5.75 Å². The topological polar surface area (TPSA) is 96.9 Å². The highest BCUT2D eigenvalue weighted by Gasteiger charge is 2.73. The quantitative estimate of drug-likeness (QED) is 0.233. The van der Waals surface area contributed by atoms with Gasteiger partial charge in [-0.1, -0.05) is 24.3 Å². The number of alkyl halides is 9. The first-order valence-corrected chi connectivity index (χ1v) is 10.7. The number of anilines is 1. The molecule has 2 aromatic carbocycles. The van der Waals surface area contributed by atoms with Crippen LogP contribution in [0.3, 0.4) is 0 Å². The van der Waals surface area contributed by atoms with Gasteiger partial charge in [-0.15, -0.1) is 0 Å². The van der Waals surface area contributed by atoms with Gasteiger partial charge in [0.25, 0.3) is 11.5 Å². The molecule has 39 heavy (non-hydrogen) atoms. The number of nitrogens with one attached hydrogen (secondary N) is 2. The van der Waals surface area contributed by atoms with E-state index in [1.54, 1.807) is 0 Å². The van der Waals surface area contributed by atoms with Gasteiger partial charge in [-0.25, -0.2) is 4.79 Å². The number of aliphatic hydroxyl groups is 1. The normalized spacial score (nSPS) is 14.3. The highest BCUT2D eigenvalue weighted by atomic mass is 19.4. The number of halogens is 9. The minimum absolute atomic E-state index is 0.0758. The average Bonchev–Trinajstić information content (AvgIpc) is 2.81. The zero-order chi connectivity index (χ0) is 30.0. The van der Waals surface area contributed by atoms with Gasteiger partial charge in [0.15, 0.2) is 0 Å². The van der Waals surface area contributed by atoms with E-state index in [1.165, 1.54) is 19.1 Å². The van der Waals surface area contributed by atoms with Gasteiger partial charge in [-0.05, 0) is 37.6 Å². The molecule has 0 aliphatic carbocycles. The van der Waals surface area contributed by atoms with E-state index in [2.05, 4.69) is 4.74 Å². The lowest BCUT2D eigenvalue weighted by Gasteiger charge is -2.39. The fourth-order valence-electron chi connectivity index (χ4n) is 3.42. The number of carbonyl (C=O) groups excluding carboxylic acids is 2. The summed E-state index contributed by atoms with van der Waals surface area (Å²) in [6.07, 6.45) is -18.2. The Morgan fingerprint density at radius 1 is 0.897 bits per heavy atom. The molecule has 0 heterocycles. The second-order valence-electron chi connectivity index (χ2n) is 7.98. The molecular weight excluding hydrogens is 555 g/mol. The second-order valence-corrected chi connectivity index (χ2v) is 7.98. The first-order valence-electron chi connectivity index (χ1n) is 10.7. The lowest BCUT2D eigenvalue weighted by Crippen LogP contribution is -2.72. The van der Waals surface area contributed by atoms with Gasteiger partial charge < -0.3 is 25.2 Å². The Labute approximate surface area is 214 Å².